The molecule has 0 aliphatic rings. The molecule has 112 valence electrons. The second-order valence-electron chi connectivity index (χ2n) is 5.08. The lowest BCUT2D eigenvalue weighted by atomic mass is 10.1. The number of thiophene rings is 1. The quantitative estimate of drug-likeness (QED) is 0.878. The predicted molar refractivity (Wildman–Crippen MR) is 84.5 cm³/mol. The summed E-state index contributed by atoms with van der Waals surface area (Å²) in [7, 11) is 1.78. The van der Waals surface area contributed by atoms with Gasteiger partial charge in [-0.05, 0) is 31.5 Å². The summed E-state index contributed by atoms with van der Waals surface area (Å²) in [5.74, 6) is -0.416. The fraction of sp³-hybridized carbons (Fsp3) is 0.333. The third-order valence-electron chi connectivity index (χ3n) is 3.53. The van der Waals surface area contributed by atoms with Gasteiger partial charge < -0.3 is 15.6 Å². The lowest BCUT2D eigenvalue weighted by Gasteiger charge is -2.11. The van der Waals surface area contributed by atoms with E-state index in [1.54, 1.807) is 23.1 Å². The molecule has 21 heavy (non-hydrogen) atoms. The van der Waals surface area contributed by atoms with Crippen molar-refractivity contribution in [1.82, 2.24) is 9.88 Å². The maximum absolute atomic E-state index is 12.2. The molecule has 0 saturated heterocycles. The first-order valence-corrected chi connectivity index (χ1v) is 7.52. The van der Waals surface area contributed by atoms with Crippen LogP contribution in [-0.2, 0) is 20.1 Å². The van der Waals surface area contributed by atoms with Gasteiger partial charge in [0.15, 0.2) is 0 Å². The van der Waals surface area contributed by atoms with Gasteiger partial charge in [0, 0.05) is 41.7 Å². The number of hydrogen-bond acceptors (Lipinski definition) is 4. The highest BCUT2D eigenvalue weighted by molar-refractivity contribution is 7.10. The van der Waals surface area contributed by atoms with Crippen molar-refractivity contribution >= 4 is 17.2 Å². The van der Waals surface area contributed by atoms with E-state index in [1.807, 2.05) is 19.9 Å². The van der Waals surface area contributed by atoms with Crippen LogP contribution < -0.4 is 16.6 Å². The van der Waals surface area contributed by atoms with Crippen LogP contribution in [0.5, 0.6) is 0 Å². The summed E-state index contributed by atoms with van der Waals surface area (Å²) in [5, 5.41) is 4.99. The number of primary amides is 1. The highest BCUT2D eigenvalue weighted by Gasteiger charge is 2.09. The number of aromatic nitrogens is 1. The summed E-state index contributed by atoms with van der Waals surface area (Å²) in [5.41, 5.74) is 8.49. The van der Waals surface area contributed by atoms with Crippen LogP contribution in [0, 0.1) is 13.8 Å². The molecule has 5 nitrogen and oxygen atoms in total. The first-order valence-electron chi connectivity index (χ1n) is 6.64. The molecule has 0 spiro atoms. The number of nitrogens with zero attached hydrogens (tertiary/aromatic N) is 1. The van der Waals surface area contributed by atoms with Crippen molar-refractivity contribution < 1.29 is 4.79 Å². The number of nitrogens with two attached hydrogens (primary N) is 1. The van der Waals surface area contributed by atoms with Crippen LogP contribution in [0.15, 0.2) is 22.3 Å². The molecule has 2 heterocycles. The number of aryl methyl sites for hydroxylation is 2. The number of carbonyl (C=O) groups is 1. The van der Waals surface area contributed by atoms with Crippen LogP contribution in [0.4, 0.5) is 0 Å². The minimum atomic E-state index is -0.416. The summed E-state index contributed by atoms with van der Waals surface area (Å²) >= 11 is 1.48. The minimum absolute atomic E-state index is 0.0315. The third kappa shape index (κ3) is 3.40. The Balaban J connectivity index is 2.05. The fourth-order valence-electron chi connectivity index (χ4n) is 2.16. The highest BCUT2D eigenvalue weighted by Crippen LogP contribution is 2.14. The van der Waals surface area contributed by atoms with Gasteiger partial charge in [0.2, 0.25) is 5.91 Å². The maximum Gasteiger partial charge on any atom is 0.255 e. The number of rotatable bonds is 5. The molecule has 0 fully saturated rings. The maximum atomic E-state index is 12.2. The SMILES string of the molecule is Cc1cc(C)n(C)c(=O)c1CNCc1cc(C(N)=O)cs1. The minimum Gasteiger partial charge on any atom is -0.366 e. The molecule has 2 rings (SSSR count). The van der Waals surface area contributed by atoms with Crippen LogP contribution in [0.1, 0.15) is 32.1 Å². The molecule has 3 N–H and O–H groups in total. The van der Waals surface area contributed by atoms with E-state index >= 15 is 0 Å². The van der Waals surface area contributed by atoms with Crippen molar-refractivity contribution in [1.29, 1.82) is 0 Å². The summed E-state index contributed by atoms with van der Waals surface area (Å²) < 4.78 is 1.65. The van der Waals surface area contributed by atoms with E-state index in [-0.39, 0.29) is 5.56 Å². The highest BCUT2D eigenvalue weighted by atomic mass is 32.1. The van der Waals surface area contributed by atoms with Crippen molar-refractivity contribution in [3.63, 3.8) is 0 Å². The second kappa shape index (κ2) is 6.24. The molecule has 2 aromatic rings. The van der Waals surface area contributed by atoms with Crippen LogP contribution >= 0.6 is 11.3 Å². The van der Waals surface area contributed by atoms with E-state index in [1.165, 1.54) is 11.3 Å². The first-order chi connectivity index (χ1) is 9.90. The Morgan fingerprint density at radius 3 is 2.67 bits per heavy atom. The molecule has 0 aliphatic heterocycles. The predicted octanol–water partition coefficient (Wildman–Crippen LogP) is 1.45. The number of nitrogens with one attached hydrogen (secondary N) is 1. The topological polar surface area (TPSA) is 77.1 Å². The number of hydrogen-bond donors (Lipinski definition) is 2. The van der Waals surface area contributed by atoms with Gasteiger partial charge in [-0.3, -0.25) is 9.59 Å². The smallest absolute Gasteiger partial charge is 0.255 e. The van der Waals surface area contributed by atoms with Crippen molar-refractivity contribution in [2.75, 3.05) is 0 Å². The number of carbonyl (C=O) groups excluding carboxylic acids is 1. The summed E-state index contributed by atoms with van der Waals surface area (Å²) in [4.78, 5) is 24.3. The van der Waals surface area contributed by atoms with Crippen molar-refractivity contribution in [3.8, 4) is 0 Å². The average molecular weight is 305 g/mol. The molecule has 0 unspecified atom stereocenters. The Kier molecular flexibility index (Phi) is 4.59. The Labute approximate surface area is 127 Å². The van der Waals surface area contributed by atoms with Crippen LogP contribution in [0.3, 0.4) is 0 Å². The van der Waals surface area contributed by atoms with Crippen LogP contribution in [-0.4, -0.2) is 10.5 Å². The van der Waals surface area contributed by atoms with Crippen molar-refractivity contribution in [3.05, 3.63) is 55.1 Å². The van der Waals surface area contributed by atoms with Gasteiger partial charge >= 0.3 is 0 Å². The van der Waals surface area contributed by atoms with Gasteiger partial charge in [-0.25, -0.2) is 0 Å². The van der Waals surface area contributed by atoms with Gasteiger partial charge in [-0.2, -0.15) is 0 Å². The lowest BCUT2D eigenvalue weighted by molar-refractivity contribution is 0.100. The summed E-state index contributed by atoms with van der Waals surface area (Å²) in [6, 6.07) is 3.79. The molecule has 6 heteroatoms. The zero-order chi connectivity index (χ0) is 15.6. The summed E-state index contributed by atoms with van der Waals surface area (Å²) in [6.45, 7) is 4.97. The van der Waals surface area contributed by atoms with Gasteiger partial charge in [-0.15, -0.1) is 11.3 Å². The van der Waals surface area contributed by atoms with E-state index in [4.69, 9.17) is 5.73 Å². The van der Waals surface area contributed by atoms with E-state index in [0.29, 0.717) is 18.7 Å². The number of pyridine rings is 1. The van der Waals surface area contributed by atoms with E-state index < -0.39 is 5.91 Å². The molecule has 2 aromatic heterocycles. The van der Waals surface area contributed by atoms with Crippen molar-refractivity contribution in [2.24, 2.45) is 12.8 Å². The Morgan fingerprint density at radius 1 is 1.33 bits per heavy atom. The zero-order valence-corrected chi connectivity index (χ0v) is 13.2. The number of amides is 1. The van der Waals surface area contributed by atoms with Gasteiger partial charge in [-0.1, -0.05) is 0 Å². The van der Waals surface area contributed by atoms with Gasteiger partial charge in [0.1, 0.15) is 0 Å². The first kappa shape index (κ1) is 15.5. The molecular weight excluding hydrogens is 286 g/mol. The van der Waals surface area contributed by atoms with Crippen molar-refractivity contribution in [2.45, 2.75) is 26.9 Å². The Bertz CT molecular complexity index is 731. The van der Waals surface area contributed by atoms with Crippen LogP contribution in [0.2, 0.25) is 0 Å². The molecule has 0 saturated carbocycles. The molecular formula is C15H19N3O2S. The largest absolute Gasteiger partial charge is 0.366 e. The normalized spacial score (nSPS) is 10.8. The third-order valence-corrected chi connectivity index (χ3v) is 4.47. The standard InChI is InChI=1S/C15H19N3O2S/c1-9-4-10(2)18(3)15(20)13(9)7-17-6-12-5-11(8-21-12)14(16)19/h4-5,8,17H,6-7H2,1-3H3,(H2,16,19). The molecule has 0 aromatic carbocycles. The van der Waals surface area contributed by atoms with Gasteiger partial charge in [0.25, 0.3) is 5.56 Å². The summed E-state index contributed by atoms with van der Waals surface area (Å²) in [6.07, 6.45) is 0. The van der Waals surface area contributed by atoms with Crippen LogP contribution in [0.25, 0.3) is 0 Å². The fourth-order valence-corrected chi connectivity index (χ4v) is 3.00. The zero-order valence-electron chi connectivity index (χ0n) is 12.4. The van der Waals surface area contributed by atoms with Gasteiger partial charge in [0.05, 0.1) is 5.56 Å². The molecule has 1 amide bonds. The lowest BCUT2D eigenvalue weighted by Crippen LogP contribution is -2.27. The van der Waals surface area contributed by atoms with E-state index in [2.05, 4.69) is 5.32 Å². The van der Waals surface area contributed by atoms with E-state index in [0.717, 1.165) is 21.7 Å². The molecule has 0 aliphatic carbocycles. The Morgan fingerprint density at radius 2 is 2.05 bits per heavy atom. The Hall–Kier alpha value is -1.92. The molecule has 0 radical (unpaired) electrons. The average Bonchev–Trinajstić information content (AvgIpc) is 2.89. The molecule has 0 atom stereocenters. The molecule has 0 bridgehead atoms. The van der Waals surface area contributed by atoms with E-state index in [9.17, 15) is 9.59 Å². The second-order valence-corrected chi connectivity index (χ2v) is 6.08. The monoisotopic (exact) mass is 305 g/mol.